The van der Waals surface area contributed by atoms with Gasteiger partial charge in [0.1, 0.15) is 17.5 Å². The highest BCUT2D eigenvalue weighted by Gasteiger charge is 2.40. The molecule has 3 atom stereocenters. The van der Waals surface area contributed by atoms with Gasteiger partial charge in [-0.25, -0.2) is 13.6 Å². The first kappa shape index (κ1) is 29.6. The van der Waals surface area contributed by atoms with E-state index in [0.717, 1.165) is 23.9 Å². The van der Waals surface area contributed by atoms with Crippen molar-refractivity contribution in [3.8, 4) is 11.1 Å². The highest BCUT2D eigenvalue weighted by atomic mass is 79.9. The van der Waals surface area contributed by atoms with Crippen molar-refractivity contribution in [1.29, 1.82) is 0 Å². The number of halogens is 6. The lowest BCUT2D eigenvalue weighted by atomic mass is 9.95. The van der Waals surface area contributed by atoms with E-state index in [0.29, 0.717) is 11.8 Å². The third-order valence-corrected chi connectivity index (χ3v) is 9.47. The molecule has 3 heterocycles. The largest absolute Gasteiger partial charge is 0.417 e. The molecule has 13 heteroatoms. The van der Waals surface area contributed by atoms with Crippen molar-refractivity contribution in [1.82, 2.24) is 14.5 Å². The number of thioether (sulfide) groups is 1. The summed E-state index contributed by atoms with van der Waals surface area (Å²) in [6, 6.07) is 1.75. The van der Waals surface area contributed by atoms with E-state index in [9.17, 15) is 27.2 Å². The number of carbonyl (C=O) groups excluding carboxylic acids is 1. The zero-order valence-corrected chi connectivity index (χ0v) is 24.8. The molecule has 1 saturated heterocycles. The highest BCUT2D eigenvalue weighted by molar-refractivity contribution is 9.10. The topological polar surface area (TPSA) is 58.4 Å². The maximum Gasteiger partial charge on any atom is 0.417 e. The van der Waals surface area contributed by atoms with E-state index in [1.165, 1.54) is 10.6 Å². The van der Waals surface area contributed by atoms with E-state index in [1.807, 2.05) is 6.92 Å². The van der Waals surface area contributed by atoms with Crippen LogP contribution in [0.4, 0.5) is 27.8 Å². The SMILES string of the molecule is C=CC(=O)N1[C@H](C)CN(c2nc(=O)n3c4c(c(-c5cc(Br)c(F)cc5F)c(C(F)(F)F)cc24)SC[C@@H](C)C3)C[C@@H]1C. The van der Waals surface area contributed by atoms with Gasteiger partial charge in [0.2, 0.25) is 5.91 Å². The monoisotopic (exact) mass is 656 g/mol. The van der Waals surface area contributed by atoms with Crippen molar-refractivity contribution in [2.75, 3.05) is 23.7 Å². The van der Waals surface area contributed by atoms with Crippen molar-refractivity contribution in [2.24, 2.45) is 5.92 Å². The van der Waals surface area contributed by atoms with Crippen molar-refractivity contribution in [3.63, 3.8) is 0 Å². The smallest absolute Gasteiger partial charge is 0.352 e. The summed E-state index contributed by atoms with van der Waals surface area (Å²) in [5, 5.41) is 0.0988. The molecule has 1 fully saturated rings. The van der Waals surface area contributed by atoms with Crippen molar-refractivity contribution in [2.45, 2.75) is 50.5 Å². The second-order valence-electron chi connectivity index (χ2n) is 10.6. The van der Waals surface area contributed by atoms with Crippen LogP contribution in [0.3, 0.4) is 0 Å². The van der Waals surface area contributed by atoms with E-state index in [1.54, 1.807) is 23.6 Å². The third-order valence-electron chi connectivity index (χ3n) is 7.44. The number of hydrogen-bond acceptors (Lipinski definition) is 5. The molecule has 1 aromatic heterocycles. The Kier molecular flexibility index (Phi) is 7.73. The van der Waals surface area contributed by atoms with Crippen LogP contribution in [0.25, 0.3) is 22.0 Å². The van der Waals surface area contributed by atoms with E-state index in [4.69, 9.17) is 0 Å². The molecule has 0 saturated carbocycles. The van der Waals surface area contributed by atoms with Crippen LogP contribution in [0.5, 0.6) is 0 Å². The van der Waals surface area contributed by atoms with Crippen LogP contribution in [-0.4, -0.2) is 51.3 Å². The fourth-order valence-electron chi connectivity index (χ4n) is 5.77. The number of carbonyl (C=O) groups is 1. The minimum absolute atomic E-state index is 0.0693. The number of amides is 1. The Morgan fingerprint density at radius 2 is 1.76 bits per heavy atom. The second kappa shape index (κ2) is 10.7. The maximum absolute atomic E-state index is 15.2. The molecule has 41 heavy (non-hydrogen) atoms. The fraction of sp³-hybridized carbons (Fsp3) is 0.393. The number of anilines is 1. The first-order valence-corrected chi connectivity index (χ1v) is 14.7. The summed E-state index contributed by atoms with van der Waals surface area (Å²) in [6.07, 6.45) is -3.71. The number of hydrogen-bond donors (Lipinski definition) is 0. The van der Waals surface area contributed by atoms with Gasteiger partial charge in [-0.15, -0.1) is 11.8 Å². The maximum atomic E-state index is 15.2. The summed E-state index contributed by atoms with van der Waals surface area (Å²) in [5.41, 5.74) is -2.41. The summed E-state index contributed by atoms with van der Waals surface area (Å²) in [5.74, 6) is -2.05. The summed E-state index contributed by atoms with van der Waals surface area (Å²) in [6.45, 7) is 9.66. The van der Waals surface area contributed by atoms with E-state index < -0.39 is 40.2 Å². The lowest BCUT2D eigenvalue weighted by molar-refractivity contribution is -0.137. The molecule has 0 aliphatic carbocycles. The average Bonchev–Trinajstić information content (AvgIpc) is 3.06. The van der Waals surface area contributed by atoms with Crippen LogP contribution in [0, 0.1) is 17.6 Å². The van der Waals surface area contributed by atoms with Crippen LogP contribution in [-0.2, 0) is 17.5 Å². The third kappa shape index (κ3) is 5.15. The van der Waals surface area contributed by atoms with Gasteiger partial charge in [-0.05, 0) is 53.9 Å². The molecule has 218 valence electrons. The zero-order chi connectivity index (χ0) is 30.0. The van der Waals surface area contributed by atoms with Crippen LogP contribution >= 0.6 is 27.7 Å². The van der Waals surface area contributed by atoms with Gasteiger partial charge < -0.3 is 9.80 Å². The predicted octanol–water partition coefficient (Wildman–Crippen LogP) is 6.48. The summed E-state index contributed by atoms with van der Waals surface area (Å²) in [7, 11) is 0. The molecule has 0 radical (unpaired) electrons. The number of nitrogens with zero attached hydrogens (tertiary/aromatic N) is 4. The molecule has 2 aliphatic rings. The Morgan fingerprint density at radius 3 is 2.37 bits per heavy atom. The quantitative estimate of drug-likeness (QED) is 0.184. The van der Waals surface area contributed by atoms with E-state index >= 15 is 4.39 Å². The molecule has 1 amide bonds. The minimum atomic E-state index is -4.92. The predicted molar refractivity (Wildman–Crippen MR) is 152 cm³/mol. The molecule has 0 spiro atoms. The second-order valence-corrected chi connectivity index (χ2v) is 12.5. The van der Waals surface area contributed by atoms with Gasteiger partial charge in [-0.1, -0.05) is 13.5 Å². The molecule has 2 aliphatic heterocycles. The minimum Gasteiger partial charge on any atom is -0.352 e. The van der Waals surface area contributed by atoms with Crippen LogP contribution < -0.4 is 10.6 Å². The fourth-order valence-corrected chi connectivity index (χ4v) is 7.40. The Hall–Kier alpha value is -2.93. The molecule has 0 bridgehead atoms. The number of benzene rings is 2. The van der Waals surface area contributed by atoms with Gasteiger partial charge in [0.25, 0.3) is 0 Å². The van der Waals surface area contributed by atoms with Gasteiger partial charge in [0.05, 0.1) is 15.6 Å². The standard InChI is InChI=1S/C28H26BrF5N4O2S/c1-5-22(39)38-14(3)10-36(11-15(38)4)26-17-6-18(28(32,33)34)23(16-7-19(29)21(31)8-20(16)30)25-24(17)37(27(40)35-26)9-13(2)12-41-25/h5-8,13-15H,1,9-12H2,2-4H3/t13-,14-,15+/m0/s1. The van der Waals surface area contributed by atoms with Crippen molar-refractivity contribution >= 4 is 50.3 Å². The molecule has 6 nitrogen and oxygen atoms in total. The molecule has 2 aromatic carbocycles. The highest BCUT2D eigenvalue weighted by Crippen LogP contribution is 2.49. The molecule has 0 unspecified atom stereocenters. The van der Waals surface area contributed by atoms with E-state index in [2.05, 4.69) is 27.5 Å². The number of alkyl halides is 3. The molecular weight excluding hydrogens is 631 g/mol. The Morgan fingerprint density at radius 1 is 1.10 bits per heavy atom. The summed E-state index contributed by atoms with van der Waals surface area (Å²) >= 11 is 4.08. The normalized spacial score (nSPS) is 21.2. The number of aromatic nitrogens is 2. The zero-order valence-electron chi connectivity index (χ0n) is 22.4. The number of piperazine rings is 1. The lowest BCUT2D eigenvalue weighted by Crippen LogP contribution is -2.58. The van der Waals surface area contributed by atoms with Crippen molar-refractivity contribution in [3.05, 3.63) is 63.0 Å². The van der Waals surface area contributed by atoms with E-state index in [-0.39, 0.29) is 69.6 Å². The van der Waals surface area contributed by atoms with Gasteiger partial charge in [0, 0.05) is 64.9 Å². The van der Waals surface area contributed by atoms with Gasteiger partial charge in [0.15, 0.2) is 0 Å². The molecule has 0 N–H and O–H groups in total. The summed E-state index contributed by atoms with van der Waals surface area (Å²) in [4.78, 5) is 33.6. The first-order chi connectivity index (χ1) is 19.2. The van der Waals surface area contributed by atoms with Gasteiger partial charge in [-0.2, -0.15) is 18.2 Å². The average molecular weight is 658 g/mol. The molecular formula is C28H26BrF5N4O2S. The number of rotatable bonds is 3. The van der Waals surface area contributed by atoms with Crippen LogP contribution in [0.15, 0.2) is 45.0 Å². The Bertz CT molecular complexity index is 1630. The van der Waals surface area contributed by atoms with Crippen molar-refractivity contribution < 1.29 is 26.7 Å². The van der Waals surface area contributed by atoms with Gasteiger partial charge in [-0.3, -0.25) is 9.36 Å². The molecule has 5 rings (SSSR count). The molecule has 3 aromatic rings. The van der Waals surface area contributed by atoms with Crippen LogP contribution in [0.2, 0.25) is 0 Å². The van der Waals surface area contributed by atoms with Gasteiger partial charge >= 0.3 is 11.9 Å². The summed E-state index contributed by atoms with van der Waals surface area (Å²) < 4.78 is 74.8. The Balaban J connectivity index is 1.85. The Labute approximate surface area is 245 Å². The lowest BCUT2D eigenvalue weighted by Gasteiger charge is -2.44. The first-order valence-electron chi connectivity index (χ1n) is 12.9. The van der Waals surface area contributed by atoms with Crippen LogP contribution in [0.1, 0.15) is 26.3 Å².